The molecule has 0 N–H and O–H groups in total. The van der Waals surface area contributed by atoms with Crippen molar-refractivity contribution in [2.24, 2.45) is 0 Å². The molecule has 1 aromatic heterocycles. The van der Waals surface area contributed by atoms with Crippen molar-refractivity contribution in [1.82, 2.24) is 9.88 Å². The average Bonchev–Trinajstić information content (AvgIpc) is 2.95. The van der Waals surface area contributed by atoms with E-state index in [1.165, 1.54) is 17.0 Å². The number of anilines is 1. The molecular weight excluding hydrogens is 380 g/mol. The molecule has 0 aliphatic carbocycles. The van der Waals surface area contributed by atoms with Crippen LogP contribution in [-0.4, -0.2) is 51.7 Å². The monoisotopic (exact) mass is 396 g/mol. The summed E-state index contributed by atoms with van der Waals surface area (Å²) in [6, 6.07) is 9.19. The highest BCUT2D eigenvalue weighted by Gasteiger charge is 2.38. The van der Waals surface area contributed by atoms with Crippen LogP contribution in [-0.2, 0) is 4.79 Å². The summed E-state index contributed by atoms with van der Waals surface area (Å²) in [6.07, 6.45) is -0.488. The average molecular weight is 396 g/mol. The van der Waals surface area contributed by atoms with Crippen molar-refractivity contribution in [3.8, 4) is 5.75 Å². The molecule has 10 nitrogen and oxygen atoms in total. The van der Waals surface area contributed by atoms with Gasteiger partial charge in [0.15, 0.2) is 11.9 Å². The summed E-state index contributed by atoms with van der Waals surface area (Å²) in [5.41, 5.74) is 0.715. The Labute approximate surface area is 164 Å². The number of rotatable bonds is 5. The quantitative estimate of drug-likeness (QED) is 0.429. The third-order valence-electron chi connectivity index (χ3n) is 4.83. The molecule has 0 saturated heterocycles. The Bertz CT molecular complexity index is 1020. The highest BCUT2D eigenvalue weighted by Crippen LogP contribution is 2.34. The SMILES string of the molecule is CC1Oc2ccc([N+](=O)[O-])nc2N(CCCN2C(=O)c3ccccc3C2=O)C1=O. The first kappa shape index (κ1) is 18.5. The molecule has 3 heterocycles. The highest BCUT2D eigenvalue weighted by atomic mass is 16.6. The van der Waals surface area contributed by atoms with Crippen LogP contribution in [0.3, 0.4) is 0 Å². The number of carbonyl (C=O) groups is 3. The van der Waals surface area contributed by atoms with E-state index in [1.807, 2.05) is 0 Å². The molecule has 2 aliphatic heterocycles. The summed E-state index contributed by atoms with van der Waals surface area (Å²) < 4.78 is 5.47. The summed E-state index contributed by atoms with van der Waals surface area (Å²) in [5, 5.41) is 11.0. The number of imide groups is 1. The van der Waals surface area contributed by atoms with E-state index in [4.69, 9.17) is 4.74 Å². The molecule has 29 heavy (non-hydrogen) atoms. The first-order valence-corrected chi connectivity index (χ1v) is 8.97. The van der Waals surface area contributed by atoms with Gasteiger partial charge in [0.05, 0.1) is 11.1 Å². The molecule has 2 aliphatic rings. The molecule has 2 aromatic rings. The largest absolute Gasteiger partial charge is 0.475 e. The van der Waals surface area contributed by atoms with Gasteiger partial charge in [0.2, 0.25) is 0 Å². The fourth-order valence-electron chi connectivity index (χ4n) is 3.42. The maximum absolute atomic E-state index is 12.5. The second kappa shape index (κ2) is 6.97. The molecule has 0 spiro atoms. The van der Waals surface area contributed by atoms with Gasteiger partial charge in [0.1, 0.15) is 0 Å². The van der Waals surface area contributed by atoms with Crippen molar-refractivity contribution >= 4 is 29.4 Å². The Morgan fingerprint density at radius 2 is 1.66 bits per heavy atom. The smallest absolute Gasteiger partial charge is 0.366 e. The number of ether oxygens (including phenoxy) is 1. The van der Waals surface area contributed by atoms with Gasteiger partial charge in [-0.3, -0.25) is 24.2 Å². The van der Waals surface area contributed by atoms with E-state index in [2.05, 4.69) is 4.98 Å². The van der Waals surface area contributed by atoms with Gasteiger partial charge >= 0.3 is 5.82 Å². The zero-order valence-electron chi connectivity index (χ0n) is 15.4. The van der Waals surface area contributed by atoms with Gasteiger partial charge in [0, 0.05) is 19.2 Å². The summed E-state index contributed by atoms with van der Waals surface area (Å²) in [4.78, 5) is 54.2. The van der Waals surface area contributed by atoms with E-state index in [0.717, 1.165) is 4.90 Å². The highest BCUT2D eigenvalue weighted by molar-refractivity contribution is 6.21. The predicted molar refractivity (Wildman–Crippen MR) is 99.8 cm³/mol. The third-order valence-corrected chi connectivity index (χ3v) is 4.83. The maximum Gasteiger partial charge on any atom is 0.366 e. The minimum Gasteiger partial charge on any atom is -0.475 e. The number of fused-ring (bicyclic) bond motifs is 2. The molecular formula is C19H16N4O6. The van der Waals surface area contributed by atoms with Gasteiger partial charge in [-0.05, 0) is 41.5 Å². The van der Waals surface area contributed by atoms with Gasteiger partial charge in [-0.15, -0.1) is 0 Å². The fourth-order valence-corrected chi connectivity index (χ4v) is 3.42. The molecule has 1 aromatic carbocycles. The number of hydrogen-bond acceptors (Lipinski definition) is 7. The molecule has 0 fully saturated rings. The molecule has 0 bridgehead atoms. The van der Waals surface area contributed by atoms with Crippen LogP contribution in [0.1, 0.15) is 34.1 Å². The number of carbonyl (C=O) groups excluding carboxylic acids is 3. The second-order valence-corrected chi connectivity index (χ2v) is 6.66. The van der Waals surface area contributed by atoms with Gasteiger partial charge in [-0.2, -0.15) is 0 Å². The molecule has 4 rings (SSSR count). The Morgan fingerprint density at radius 3 is 2.28 bits per heavy atom. The van der Waals surface area contributed by atoms with Crippen LogP contribution < -0.4 is 9.64 Å². The number of nitro groups is 1. The van der Waals surface area contributed by atoms with Gasteiger partial charge in [0.25, 0.3) is 23.5 Å². The van der Waals surface area contributed by atoms with Crippen molar-refractivity contribution in [2.45, 2.75) is 19.4 Å². The normalized spacial score (nSPS) is 17.8. The van der Waals surface area contributed by atoms with E-state index in [-0.39, 0.29) is 42.9 Å². The lowest BCUT2D eigenvalue weighted by Gasteiger charge is -2.29. The van der Waals surface area contributed by atoms with Crippen LogP contribution in [0.5, 0.6) is 5.75 Å². The van der Waals surface area contributed by atoms with Crippen molar-refractivity contribution in [2.75, 3.05) is 18.0 Å². The summed E-state index contributed by atoms with van der Waals surface area (Å²) in [6.45, 7) is 1.81. The molecule has 0 radical (unpaired) electrons. The van der Waals surface area contributed by atoms with Crippen LogP contribution in [0.4, 0.5) is 11.6 Å². The van der Waals surface area contributed by atoms with Crippen molar-refractivity contribution < 1.29 is 24.0 Å². The lowest BCUT2D eigenvalue weighted by molar-refractivity contribution is -0.389. The standard InChI is InChI=1S/C19H16N4O6/c1-11-17(24)21(16-14(29-11)7-8-15(20-16)23(27)28)9-4-10-22-18(25)12-5-2-3-6-13(12)19(22)26/h2-3,5-8,11H,4,9-10H2,1H3. The Kier molecular flexibility index (Phi) is 4.45. The zero-order valence-corrected chi connectivity index (χ0v) is 15.4. The van der Waals surface area contributed by atoms with E-state index in [9.17, 15) is 24.5 Å². The van der Waals surface area contributed by atoms with Gasteiger partial charge in [-0.25, -0.2) is 0 Å². The second-order valence-electron chi connectivity index (χ2n) is 6.66. The summed E-state index contributed by atoms with van der Waals surface area (Å²) >= 11 is 0. The number of pyridine rings is 1. The van der Waals surface area contributed by atoms with Crippen LogP contribution >= 0.6 is 0 Å². The first-order valence-electron chi connectivity index (χ1n) is 8.97. The molecule has 1 atom stereocenters. The zero-order chi connectivity index (χ0) is 20.7. The number of hydrogen-bond donors (Lipinski definition) is 0. The minimum atomic E-state index is -0.773. The molecule has 3 amide bonds. The Morgan fingerprint density at radius 1 is 1.03 bits per heavy atom. The number of amides is 3. The van der Waals surface area contributed by atoms with Crippen LogP contribution in [0, 0.1) is 10.1 Å². The van der Waals surface area contributed by atoms with Crippen molar-refractivity contribution in [1.29, 1.82) is 0 Å². The fraction of sp³-hybridized carbons (Fsp3) is 0.263. The predicted octanol–water partition coefficient (Wildman–Crippen LogP) is 1.79. The lowest BCUT2D eigenvalue weighted by Crippen LogP contribution is -2.46. The maximum atomic E-state index is 12.5. The molecule has 1 unspecified atom stereocenters. The number of nitrogens with zero attached hydrogens (tertiary/aromatic N) is 4. The van der Waals surface area contributed by atoms with Crippen LogP contribution in [0.25, 0.3) is 0 Å². The molecule has 148 valence electrons. The minimum absolute atomic E-state index is 0.0599. The van der Waals surface area contributed by atoms with E-state index < -0.39 is 22.8 Å². The first-order chi connectivity index (χ1) is 13.9. The van der Waals surface area contributed by atoms with Crippen molar-refractivity contribution in [3.05, 3.63) is 57.6 Å². The van der Waals surface area contributed by atoms with Crippen LogP contribution in [0.15, 0.2) is 36.4 Å². The number of aromatic nitrogens is 1. The Hall–Kier alpha value is -3.82. The van der Waals surface area contributed by atoms with Crippen LogP contribution in [0.2, 0.25) is 0 Å². The lowest BCUT2D eigenvalue weighted by atomic mass is 10.1. The van der Waals surface area contributed by atoms with Gasteiger partial charge in [-0.1, -0.05) is 12.1 Å². The topological polar surface area (TPSA) is 123 Å². The van der Waals surface area contributed by atoms with E-state index in [0.29, 0.717) is 11.1 Å². The molecule has 10 heteroatoms. The molecule has 0 saturated carbocycles. The van der Waals surface area contributed by atoms with Gasteiger partial charge < -0.3 is 14.9 Å². The van der Waals surface area contributed by atoms with Crippen molar-refractivity contribution in [3.63, 3.8) is 0 Å². The number of benzene rings is 1. The third kappa shape index (κ3) is 3.08. The van der Waals surface area contributed by atoms with E-state index in [1.54, 1.807) is 31.2 Å². The van der Waals surface area contributed by atoms with E-state index >= 15 is 0 Å². The Balaban J connectivity index is 1.51. The summed E-state index contributed by atoms with van der Waals surface area (Å²) in [7, 11) is 0. The summed E-state index contributed by atoms with van der Waals surface area (Å²) in [5.74, 6) is -1.22.